The number of hydrogen-bond acceptors (Lipinski definition) is 4. The Labute approximate surface area is 198 Å². The second-order valence-electron chi connectivity index (χ2n) is 8.30. The lowest BCUT2D eigenvalue weighted by Crippen LogP contribution is -3.15. The van der Waals surface area contributed by atoms with Crippen molar-refractivity contribution in [1.29, 1.82) is 0 Å². The number of carbonyl (C=O) groups excluding carboxylic acids is 1. The summed E-state index contributed by atoms with van der Waals surface area (Å²) in [6, 6.07) is 28.6. The van der Waals surface area contributed by atoms with Gasteiger partial charge in [0, 0.05) is 11.1 Å². The number of quaternary nitrogens is 1. The normalized spacial score (nSPS) is 18.2. The van der Waals surface area contributed by atoms with Gasteiger partial charge in [-0.3, -0.25) is 4.79 Å². The van der Waals surface area contributed by atoms with E-state index in [1.165, 1.54) is 27.8 Å². The van der Waals surface area contributed by atoms with Gasteiger partial charge in [-0.2, -0.15) is 4.99 Å². The van der Waals surface area contributed by atoms with Gasteiger partial charge in [-0.1, -0.05) is 72.8 Å². The smallest absolute Gasteiger partial charge is 0.286 e. The predicted octanol–water partition coefficient (Wildman–Crippen LogP) is 3.35. The third-order valence-corrected chi connectivity index (χ3v) is 7.17. The largest absolute Gasteiger partial charge is 0.508 e. The fourth-order valence-corrected chi connectivity index (χ4v) is 5.49. The lowest BCUT2D eigenvalue weighted by Gasteiger charge is -2.37. The Morgan fingerprint density at radius 2 is 1.55 bits per heavy atom. The lowest BCUT2D eigenvalue weighted by molar-refractivity contribution is -0.929. The first kappa shape index (κ1) is 21.5. The number of hydrogen-bond donors (Lipinski definition) is 2. The number of carbonyl (C=O) groups is 1. The molecular formula is C27H26N3O2S+. The van der Waals surface area contributed by atoms with Gasteiger partial charge in [-0.15, -0.1) is 0 Å². The van der Waals surface area contributed by atoms with Crippen LogP contribution in [0.25, 0.3) is 6.08 Å². The molecule has 3 aromatic carbocycles. The van der Waals surface area contributed by atoms with Crippen molar-refractivity contribution in [3.8, 4) is 5.75 Å². The highest BCUT2D eigenvalue weighted by atomic mass is 32.2. The van der Waals surface area contributed by atoms with Crippen LogP contribution in [-0.2, 0) is 4.79 Å². The molecule has 33 heavy (non-hydrogen) atoms. The lowest BCUT2D eigenvalue weighted by atomic mass is 9.96. The summed E-state index contributed by atoms with van der Waals surface area (Å²) in [6.45, 7) is 3.63. The highest BCUT2D eigenvalue weighted by Gasteiger charge is 2.33. The average molecular weight is 457 g/mol. The van der Waals surface area contributed by atoms with Gasteiger partial charge in [0.25, 0.3) is 5.91 Å². The molecule has 2 N–H and O–H groups in total. The van der Waals surface area contributed by atoms with E-state index >= 15 is 0 Å². The molecule has 0 spiro atoms. The molecule has 6 heteroatoms. The standard InChI is InChI=1S/C27H25N3O2S/c31-23-13-7-8-20(18-23)19-24-26(32)28-27(33-24)30-16-14-29(15-17-30)25(21-9-3-1-4-10-21)22-11-5-2-6-12-22/h1-13,18-19,25,31H,14-17H2/p+1/b24-19-. The first-order valence-corrected chi connectivity index (χ1v) is 12.0. The van der Waals surface area contributed by atoms with Crippen molar-refractivity contribution in [2.24, 2.45) is 4.99 Å². The van der Waals surface area contributed by atoms with Crippen LogP contribution >= 0.6 is 11.8 Å². The van der Waals surface area contributed by atoms with E-state index in [-0.39, 0.29) is 17.7 Å². The number of benzene rings is 3. The molecule has 5 nitrogen and oxygen atoms in total. The van der Waals surface area contributed by atoms with Crippen LogP contribution in [0.15, 0.2) is 94.8 Å². The van der Waals surface area contributed by atoms with Gasteiger partial charge in [0.2, 0.25) is 0 Å². The van der Waals surface area contributed by atoms with E-state index in [4.69, 9.17) is 0 Å². The maximum Gasteiger partial charge on any atom is 0.286 e. The molecule has 1 saturated heterocycles. The Balaban J connectivity index is 1.29. The summed E-state index contributed by atoms with van der Waals surface area (Å²) in [7, 11) is 0. The molecular weight excluding hydrogens is 430 g/mol. The van der Waals surface area contributed by atoms with Gasteiger partial charge in [-0.05, 0) is 35.5 Å². The van der Waals surface area contributed by atoms with E-state index in [2.05, 4.69) is 70.6 Å². The first-order chi connectivity index (χ1) is 16.2. The number of piperazine rings is 1. The van der Waals surface area contributed by atoms with Crippen molar-refractivity contribution in [1.82, 2.24) is 4.90 Å². The van der Waals surface area contributed by atoms with Crippen LogP contribution in [0, 0.1) is 0 Å². The molecule has 0 aliphatic carbocycles. The molecule has 0 unspecified atom stereocenters. The minimum absolute atomic E-state index is 0.187. The van der Waals surface area contributed by atoms with Crippen LogP contribution in [0.1, 0.15) is 22.7 Å². The van der Waals surface area contributed by atoms with Crippen molar-refractivity contribution in [2.45, 2.75) is 6.04 Å². The Morgan fingerprint density at radius 1 is 0.909 bits per heavy atom. The summed E-state index contributed by atoms with van der Waals surface area (Å²) >= 11 is 1.42. The maximum atomic E-state index is 12.5. The third kappa shape index (κ3) is 4.87. The average Bonchev–Trinajstić information content (AvgIpc) is 3.21. The molecule has 0 saturated carbocycles. The number of nitrogens with zero attached hydrogens (tertiary/aromatic N) is 2. The molecule has 1 fully saturated rings. The molecule has 3 aromatic rings. The molecule has 0 atom stereocenters. The highest BCUT2D eigenvalue weighted by molar-refractivity contribution is 8.18. The maximum absolute atomic E-state index is 12.5. The van der Waals surface area contributed by atoms with Gasteiger partial charge < -0.3 is 14.9 Å². The number of nitrogens with one attached hydrogen (secondary N) is 1. The van der Waals surface area contributed by atoms with Crippen LogP contribution in [0.4, 0.5) is 0 Å². The van der Waals surface area contributed by atoms with Crippen molar-refractivity contribution in [2.75, 3.05) is 26.2 Å². The van der Waals surface area contributed by atoms with Crippen LogP contribution in [0.2, 0.25) is 0 Å². The SMILES string of the molecule is O=C1N=C(N2CC[NH+](C(c3ccccc3)c3ccccc3)CC2)S/C1=C\c1cccc(O)c1. The molecule has 0 bridgehead atoms. The zero-order chi connectivity index (χ0) is 22.6. The van der Waals surface area contributed by atoms with Crippen molar-refractivity contribution >= 4 is 28.9 Å². The fraction of sp³-hybridized carbons (Fsp3) is 0.185. The summed E-state index contributed by atoms with van der Waals surface area (Å²) in [5, 5.41) is 10.5. The van der Waals surface area contributed by atoms with Crippen LogP contribution < -0.4 is 4.90 Å². The zero-order valence-electron chi connectivity index (χ0n) is 18.2. The van der Waals surface area contributed by atoms with Crippen molar-refractivity contribution < 1.29 is 14.8 Å². The quantitative estimate of drug-likeness (QED) is 0.592. The Bertz CT molecular complexity index is 1150. The number of thioether (sulfide) groups is 1. The van der Waals surface area contributed by atoms with Crippen molar-refractivity contribution in [3.05, 3.63) is 107 Å². The third-order valence-electron chi connectivity index (χ3n) is 6.13. The monoisotopic (exact) mass is 456 g/mol. The molecule has 2 heterocycles. The Kier molecular flexibility index (Phi) is 6.28. The first-order valence-electron chi connectivity index (χ1n) is 11.2. The van der Waals surface area contributed by atoms with E-state index in [1.54, 1.807) is 24.3 Å². The molecule has 166 valence electrons. The van der Waals surface area contributed by atoms with Crippen molar-refractivity contribution in [3.63, 3.8) is 0 Å². The summed E-state index contributed by atoms with van der Waals surface area (Å²) in [6.07, 6.45) is 1.80. The van der Waals surface area contributed by atoms with Crippen LogP contribution in [0.3, 0.4) is 0 Å². The van der Waals surface area contributed by atoms with E-state index < -0.39 is 0 Å². The number of amides is 1. The Morgan fingerprint density at radius 3 is 2.15 bits per heavy atom. The predicted molar refractivity (Wildman–Crippen MR) is 133 cm³/mol. The molecule has 0 aromatic heterocycles. The molecule has 5 rings (SSSR count). The second-order valence-corrected chi connectivity index (χ2v) is 9.31. The van der Waals surface area contributed by atoms with Gasteiger partial charge in [-0.25, -0.2) is 0 Å². The number of rotatable bonds is 4. The van der Waals surface area contributed by atoms with Crippen LogP contribution in [-0.4, -0.2) is 47.3 Å². The Hall–Kier alpha value is -3.35. The minimum Gasteiger partial charge on any atom is -0.508 e. The topological polar surface area (TPSA) is 57.3 Å². The number of aromatic hydroxyl groups is 1. The number of aliphatic imine (C=N–C) groups is 1. The number of amidine groups is 1. The summed E-state index contributed by atoms with van der Waals surface area (Å²) in [5.41, 5.74) is 3.45. The molecule has 2 aliphatic heterocycles. The highest BCUT2D eigenvalue weighted by Crippen LogP contribution is 2.31. The van der Waals surface area contributed by atoms with E-state index in [0.29, 0.717) is 4.91 Å². The van der Waals surface area contributed by atoms with Crippen LogP contribution in [0.5, 0.6) is 5.75 Å². The van der Waals surface area contributed by atoms with E-state index in [1.807, 2.05) is 6.07 Å². The second kappa shape index (κ2) is 9.65. The summed E-state index contributed by atoms with van der Waals surface area (Å²) in [4.78, 5) is 21.2. The van der Waals surface area contributed by atoms with Gasteiger partial charge in [0.1, 0.15) is 11.8 Å². The fourth-order valence-electron chi connectivity index (χ4n) is 4.53. The molecule has 2 aliphatic rings. The minimum atomic E-state index is -0.209. The van der Waals surface area contributed by atoms with E-state index in [9.17, 15) is 9.90 Å². The molecule has 1 amide bonds. The van der Waals surface area contributed by atoms with Gasteiger partial charge >= 0.3 is 0 Å². The zero-order valence-corrected chi connectivity index (χ0v) is 19.0. The summed E-state index contributed by atoms with van der Waals surface area (Å²) < 4.78 is 0. The van der Waals surface area contributed by atoms with Gasteiger partial charge in [0.15, 0.2) is 5.17 Å². The summed E-state index contributed by atoms with van der Waals surface area (Å²) in [5.74, 6) is -0.0222. The van der Waals surface area contributed by atoms with Gasteiger partial charge in [0.05, 0.1) is 31.1 Å². The number of phenolic OH excluding ortho intramolecular Hbond substituents is 1. The van der Waals surface area contributed by atoms with E-state index in [0.717, 1.165) is 36.9 Å². The molecule has 0 radical (unpaired) electrons. The number of phenols is 1.